The second-order valence-electron chi connectivity index (χ2n) is 10.6. The van der Waals surface area contributed by atoms with Gasteiger partial charge in [0.15, 0.2) is 0 Å². The number of phenolic OH excluding ortho intramolecular Hbond substituents is 1. The van der Waals surface area contributed by atoms with Crippen LogP contribution in [-0.2, 0) is 44.3 Å². The Bertz CT molecular complexity index is 1340. The number of phosphoric ester groups is 1. The fraction of sp³-hybridized carbons (Fsp3) is 0.538. The number of nitrogens with one attached hydrogen (secondary N) is 4. The van der Waals surface area contributed by atoms with Gasteiger partial charge in [-0.25, -0.2) is 4.57 Å². The summed E-state index contributed by atoms with van der Waals surface area (Å²) in [6, 6.07) is -1.39. The molecule has 0 radical (unpaired) electrons. The highest BCUT2D eigenvalue weighted by Gasteiger charge is 2.39. The summed E-state index contributed by atoms with van der Waals surface area (Å²) in [6.45, 7) is -1.19. The Morgan fingerprint density at radius 1 is 0.979 bits per heavy atom. The number of likely N-dealkylation sites (tertiary alicyclic amines) is 1. The van der Waals surface area contributed by atoms with E-state index < -0.39 is 99.3 Å². The molecule has 2 rings (SSSR count). The Morgan fingerprint density at radius 3 is 2.13 bits per heavy atom. The zero-order chi connectivity index (χ0) is 35.5. The minimum atomic E-state index is -4.98. The molecule has 1 aromatic carbocycles. The number of benzene rings is 1. The first-order valence-electron chi connectivity index (χ1n) is 14.2. The number of phenols is 1. The van der Waals surface area contributed by atoms with Crippen molar-refractivity contribution in [1.82, 2.24) is 26.2 Å². The number of nitrogens with two attached hydrogens (primary N) is 2. The molecule has 1 aromatic rings. The van der Waals surface area contributed by atoms with E-state index in [1.54, 1.807) is 0 Å². The van der Waals surface area contributed by atoms with Gasteiger partial charge in [0.2, 0.25) is 35.4 Å². The van der Waals surface area contributed by atoms with Crippen LogP contribution in [0.4, 0.5) is 0 Å². The molecular weight excluding hydrogens is 649 g/mol. The quantitative estimate of drug-likeness (QED) is 0.0681. The number of aromatic hydroxyl groups is 1. The summed E-state index contributed by atoms with van der Waals surface area (Å²) in [6.07, 6.45) is -1.06. The minimum absolute atomic E-state index is 0.0475. The van der Waals surface area contributed by atoms with Crippen molar-refractivity contribution in [3.8, 4) is 5.75 Å². The van der Waals surface area contributed by atoms with Crippen molar-refractivity contribution in [1.29, 1.82) is 0 Å². The average molecular weight is 690 g/mol. The van der Waals surface area contributed by atoms with Gasteiger partial charge >= 0.3 is 7.82 Å². The molecule has 0 spiro atoms. The molecule has 0 aliphatic carbocycles. The lowest BCUT2D eigenvalue weighted by atomic mass is 10.0. The van der Waals surface area contributed by atoms with Crippen LogP contribution in [0.15, 0.2) is 24.3 Å². The number of nitrogens with zero attached hydrogens (tertiary/aromatic N) is 1. The topological polar surface area (TPSA) is 333 Å². The van der Waals surface area contributed by atoms with Crippen LogP contribution in [0.5, 0.6) is 5.75 Å². The largest absolute Gasteiger partial charge is 0.508 e. The van der Waals surface area contributed by atoms with Crippen LogP contribution in [0, 0.1) is 0 Å². The normalized spacial score (nSPS) is 17.8. The molecule has 1 heterocycles. The second kappa shape index (κ2) is 17.7. The van der Waals surface area contributed by atoms with Gasteiger partial charge in [-0.1, -0.05) is 12.1 Å². The molecule has 1 aliphatic rings. The van der Waals surface area contributed by atoms with Crippen LogP contribution in [0.2, 0.25) is 0 Å². The molecule has 1 fully saturated rings. The molecule has 1 aliphatic heterocycles. The Morgan fingerprint density at radius 2 is 1.57 bits per heavy atom. The number of aliphatic hydroxyl groups is 2. The van der Waals surface area contributed by atoms with E-state index in [1.165, 1.54) is 24.3 Å². The summed E-state index contributed by atoms with van der Waals surface area (Å²) in [5.41, 5.74) is 11.3. The zero-order valence-electron chi connectivity index (χ0n) is 25.3. The van der Waals surface area contributed by atoms with Gasteiger partial charge in [-0.05, 0) is 37.5 Å². The maximum Gasteiger partial charge on any atom is 0.469 e. The number of rotatable bonds is 17. The predicted molar refractivity (Wildman–Crippen MR) is 159 cm³/mol. The molecule has 262 valence electrons. The van der Waals surface area contributed by atoms with Crippen molar-refractivity contribution in [3.05, 3.63) is 29.8 Å². The molecule has 0 bridgehead atoms. The van der Waals surface area contributed by atoms with E-state index in [0.29, 0.717) is 12.0 Å². The molecule has 6 atom stereocenters. The van der Waals surface area contributed by atoms with E-state index >= 15 is 0 Å². The summed E-state index contributed by atoms with van der Waals surface area (Å²) in [5.74, 6) is -5.47. The second-order valence-corrected chi connectivity index (χ2v) is 11.8. The van der Waals surface area contributed by atoms with Crippen molar-refractivity contribution in [2.45, 2.75) is 62.5 Å². The average Bonchev–Trinajstić information content (AvgIpc) is 3.50. The van der Waals surface area contributed by atoms with Gasteiger partial charge in [-0.2, -0.15) is 0 Å². The summed E-state index contributed by atoms with van der Waals surface area (Å²) >= 11 is 0. The number of hydrogen-bond acceptors (Lipinski definition) is 12. The van der Waals surface area contributed by atoms with Crippen LogP contribution >= 0.6 is 7.82 Å². The van der Waals surface area contributed by atoms with E-state index in [1.807, 2.05) is 0 Å². The number of phosphoric acid groups is 1. The molecule has 1 saturated heterocycles. The number of aliphatic hydroxyl groups excluding tert-OH is 2. The van der Waals surface area contributed by atoms with E-state index in [0.717, 1.165) is 11.8 Å². The first-order chi connectivity index (χ1) is 22.0. The molecule has 0 saturated carbocycles. The number of primary amides is 1. The summed E-state index contributed by atoms with van der Waals surface area (Å²) < 4.78 is 15.4. The van der Waals surface area contributed by atoms with Gasteiger partial charge < -0.3 is 62.7 Å². The van der Waals surface area contributed by atoms with Crippen molar-refractivity contribution < 1.29 is 63.0 Å². The summed E-state index contributed by atoms with van der Waals surface area (Å²) in [7, 11) is -4.98. The maximum absolute atomic E-state index is 13.1. The van der Waals surface area contributed by atoms with E-state index in [4.69, 9.17) is 21.3 Å². The van der Waals surface area contributed by atoms with Crippen molar-refractivity contribution in [2.24, 2.45) is 11.5 Å². The standard InChI is InChI=1S/C26H40N7O13P/c1-13(46-47(43,44)45)21(27)25(41)32-18(12-35)26(42)33-8-2-3-19(33)24(40)29-10-20(37)30-16(9-14-4-6-15(36)7-5-14)23(39)31-17(11-34)22(28)38/h4-7,13,16-19,21,34-36H,2-3,8-12,27H2,1H3,(H2,28,38)(H,29,40)(H,30,37)(H,31,39)(H,32,41)(H2,43,44,45)/t13-,16+,17+,18+,19+,21+/m1/s1. The molecule has 0 unspecified atom stereocenters. The van der Waals surface area contributed by atoms with Gasteiger partial charge in [0.05, 0.1) is 25.9 Å². The predicted octanol–water partition coefficient (Wildman–Crippen LogP) is -5.21. The van der Waals surface area contributed by atoms with Crippen LogP contribution < -0.4 is 32.7 Å². The Labute approximate surface area is 268 Å². The van der Waals surface area contributed by atoms with E-state index in [2.05, 4.69) is 25.8 Å². The van der Waals surface area contributed by atoms with Crippen LogP contribution in [0.3, 0.4) is 0 Å². The molecule has 6 amide bonds. The first kappa shape index (κ1) is 39.0. The van der Waals surface area contributed by atoms with Gasteiger partial charge in [0.1, 0.15) is 36.0 Å². The molecule has 20 nitrogen and oxygen atoms in total. The third-order valence-corrected chi connectivity index (χ3v) is 7.65. The van der Waals surface area contributed by atoms with Gasteiger partial charge in [0.25, 0.3) is 0 Å². The SMILES string of the molecule is C[C@@H](OP(=O)(O)O)[C@H](N)C(=O)N[C@@H](CO)C(=O)N1CCC[C@H]1C(=O)NCC(=O)N[C@@H](Cc1ccc(O)cc1)C(=O)N[C@@H](CO)C(N)=O. The van der Waals surface area contributed by atoms with Crippen molar-refractivity contribution in [3.63, 3.8) is 0 Å². The van der Waals surface area contributed by atoms with Crippen molar-refractivity contribution >= 4 is 43.3 Å². The number of amides is 6. The molecule has 13 N–H and O–H groups in total. The Balaban J connectivity index is 2.04. The lowest BCUT2D eigenvalue weighted by Gasteiger charge is -2.29. The first-order valence-corrected chi connectivity index (χ1v) is 15.8. The van der Waals surface area contributed by atoms with Crippen LogP contribution in [-0.4, -0.2) is 128 Å². The minimum Gasteiger partial charge on any atom is -0.508 e. The lowest BCUT2D eigenvalue weighted by molar-refractivity contribution is -0.143. The summed E-state index contributed by atoms with van der Waals surface area (Å²) in [4.78, 5) is 94.7. The van der Waals surface area contributed by atoms with Gasteiger partial charge in [-0.15, -0.1) is 0 Å². The third-order valence-electron chi connectivity index (χ3n) is 7.04. The van der Waals surface area contributed by atoms with Crippen LogP contribution in [0.1, 0.15) is 25.3 Å². The smallest absolute Gasteiger partial charge is 0.469 e. The number of hydrogen-bond donors (Lipinski definition) is 11. The highest BCUT2D eigenvalue weighted by atomic mass is 31.2. The zero-order valence-corrected chi connectivity index (χ0v) is 26.2. The Hall–Kier alpha value is -4.17. The highest BCUT2D eigenvalue weighted by molar-refractivity contribution is 7.46. The van der Waals surface area contributed by atoms with Gasteiger partial charge in [-0.3, -0.25) is 33.3 Å². The van der Waals surface area contributed by atoms with E-state index in [-0.39, 0.29) is 25.1 Å². The Kier molecular flexibility index (Phi) is 14.7. The number of carbonyl (C=O) groups is 6. The van der Waals surface area contributed by atoms with Crippen LogP contribution in [0.25, 0.3) is 0 Å². The highest BCUT2D eigenvalue weighted by Crippen LogP contribution is 2.37. The molecular formula is C26H40N7O13P. The number of carbonyl (C=O) groups excluding carboxylic acids is 6. The fourth-order valence-corrected chi connectivity index (χ4v) is 5.10. The molecule has 47 heavy (non-hydrogen) atoms. The monoisotopic (exact) mass is 689 g/mol. The van der Waals surface area contributed by atoms with E-state index in [9.17, 15) is 48.7 Å². The van der Waals surface area contributed by atoms with Crippen molar-refractivity contribution in [2.75, 3.05) is 26.3 Å². The third kappa shape index (κ3) is 12.2. The molecule has 21 heteroatoms. The fourth-order valence-electron chi connectivity index (χ4n) is 4.54. The van der Waals surface area contributed by atoms with Gasteiger partial charge in [0, 0.05) is 13.0 Å². The lowest BCUT2D eigenvalue weighted by Crippen LogP contribution is -2.58. The molecule has 0 aromatic heterocycles. The maximum atomic E-state index is 13.1. The summed E-state index contributed by atoms with van der Waals surface area (Å²) in [5, 5.41) is 37.8.